The van der Waals surface area contributed by atoms with E-state index < -0.39 is 0 Å². The van der Waals surface area contributed by atoms with E-state index >= 15 is 0 Å². The maximum atomic E-state index is 11.9. The van der Waals surface area contributed by atoms with Gasteiger partial charge in [0.15, 0.2) is 0 Å². The van der Waals surface area contributed by atoms with Gasteiger partial charge in [-0.2, -0.15) is 0 Å². The van der Waals surface area contributed by atoms with E-state index in [1.165, 1.54) is 0 Å². The van der Waals surface area contributed by atoms with E-state index in [-0.39, 0.29) is 18.0 Å². The Bertz CT molecular complexity index is 349. The van der Waals surface area contributed by atoms with Crippen LogP contribution in [0.5, 0.6) is 0 Å². The third kappa shape index (κ3) is 4.84. The van der Waals surface area contributed by atoms with Crippen LogP contribution in [-0.4, -0.2) is 23.0 Å². The molecule has 0 aromatic carbocycles. The number of pyridine rings is 1. The molecule has 0 fully saturated rings. The summed E-state index contributed by atoms with van der Waals surface area (Å²) >= 11 is 0. The zero-order valence-corrected chi connectivity index (χ0v) is 11.4. The van der Waals surface area contributed by atoms with Gasteiger partial charge >= 0.3 is 0 Å². The van der Waals surface area contributed by atoms with Gasteiger partial charge in [-0.25, -0.2) is 0 Å². The predicted octanol–water partition coefficient (Wildman–Crippen LogP) is 1.86. The third-order valence-corrected chi connectivity index (χ3v) is 3.09. The van der Waals surface area contributed by atoms with E-state index in [0.29, 0.717) is 6.54 Å². The number of rotatable bonds is 7. The first-order valence-electron chi connectivity index (χ1n) is 6.60. The lowest BCUT2D eigenvalue weighted by atomic mass is 10.1. The number of aromatic nitrogens is 1. The lowest BCUT2D eigenvalue weighted by molar-refractivity contribution is -0.123. The van der Waals surface area contributed by atoms with Gasteiger partial charge in [-0.3, -0.25) is 9.78 Å². The number of nitrogens with zero attached hydrogens (tertiary/aromatic N) is 1. The quantitative estimate of drug-likeness (QED) is 0.775. The van der Waals surface area contributed by atoms with Crippen LogP contribution in [0.15, 0.2) is 24.5 Å². The van der Waals surface area contributed by atoms with Crippen LogP contribution >= 0.6 is 0 Å². The molecule has 100 valence electrons. The molecule has 0 bridgehead atoms. The summed E-state index contributed by atoms with van der Waals surface area (Å²) in [5.74, 6) is 0.0674. The van der Waals surface area contributed by atoms with E-state index in [9.17, 15) is 4.79 Å². The van der Waals surface area contributed by atoms with Crippen LogP contribution in [0.4, 0.5) is 0 Å². The Morgan fingerprint density at radius 1 is 1.28 bits per heavy atom. The largest absolute Gasteiger partial charge is 0.352 e. The molecule has 1 amide bonds. The van der Waals surface area contributed by atoms with Crippen molar-refractivity contribution in [1.82, 2.24) is 15.6 Å². The molecule has 1 rings (SSSR count). The molecule has 1 atom stereocenters. The SMILES string of the molecule is CCC(CC)NC(=O)C(C)NCc1ccncc1. The molecule has 1 aromatic rings. The molecule has 0 aliphatic carbocycles. The molecule has 2 N–H and O–H groups in total. The minimum absolute atomic E-state index is 0.0674. The molecular formula is C14H23N3O. The Morgan fingerprint density at radius 2 is 1.89 bits per heavy atom. The first-order valence-corrected chi connectivity index (χ1v) is 6.60. The molecule has 1 unspecified atom stereocenters. The Labute approximate surface area is 109 Å². The van der Waals surface area contributed by atoms with Gasteiger partial charge in [-0.1, -0.05) is 13.8 Å². The minimum Gasteiger partial charge on any atom is -0.352 e. The Kier molecular flexibility index (Phi) is 6.36. The van der Waals surface area contributed by atoms with E-state index in [0.717, 1.165) is 18.4 Å². The fourth-order valence-corrected chi connectivity index (χ4v) is 1.68. The van der Waals surface area contributed by atoms with E-state index in [2.05, 4.69) is 29.5 Å². The molecule has 1 aromatic heterocycles. The molecule has 0 spiro atoms. The second-order valence-corrected chi connectivity index (χ2v) is 4.48. The molecule has 4 nitrogen and oxygen atoms in total. The number of amides is 1. The number of carbonyl (C=O) groups excluding carboxylic acids is 1. The van der Waals surface area contributed by atoms with Crippen molar-refractivity contribution in [1.29, 1.82) is 0 Å². The average molecular weight is 249 g/mol. The van der Waals surface area contributed by atoms with Crippen molar-refractivity contribution in [2.75, 3.05) is 0 Å². The predicted molar refractivity (Wildman–Crippen MR) is 73.1 cm³/mol. The summed E-state index contributed by atoms with van der Waals surface area (Å²) in [4.78, 5) is 15.9. The topological polar surface area (TPSA) is 54.0 Å². The van der Waals surface area contributed by atoms with Gasteiger partial charge in [0.2, 0.25) is 5.91 Å². The van der Waals surface area contributed by atoms with Gasteiger partial charge < -0.3 is 10.6 Å². The first kappa shape index (κ1) is 14.6. The fourth-order valence-electron chi connectivity index (χ4n) is 1.68. The Balaban J connectivity index is 2.36. The van der Waals surface area contributed by atoms with Crippen LogP contribution in [0.3, 0.4) is 0 Å². The minimum atomic E-state index is -0.182. The van der Waals surface area contributed by atoms with Gasteiger partial charge in [-0.05, 0) is 37.5 Å². The number of carbonyl (C=O) groups is 1. The smallest absolute Gasteiger partial charge is 0.237 e. The highest BCUT2D eigenvalue weighted by atomic mass is 16.2. The highest BCUT2D eigenvalue weighted by Crippen LogP contribution is 1.99. The number of nitrogens with one attached hydrogen (secondary N) is 2. The molecule has 1 heterocycles. The van der Waals surface area contributed by atoms with Crippen molar-refractivity contribution < 1.29 is 4.79 Å². The Hall–Kier alpha value is -1.42. The zero-order chi connectivity index (χ0) is 13.4. The summed E-state index contributed by atoms with van der Waals surface area (Å²) in [6.07, 6.45) is 5.45. The maximum Gasteiger partial charge on any atom is 0.237 e. The van der Waals surface area contributed by atoms with Crippen molar-refractivity contribution in [2.45, 2.75) is 52.2 Å². The molecule has 0 aliphatic rings. The summed E-state index contributed by atoms with van der Waals surface area (Å²) < 4.78 is 0. The first-order chi connectivity index (χ1) is 8.67. The second kappa shape index (κ2) is 7.82. The summed E-state index contributed by atoms with van der Waals surface area (Å²) in [6, 6.07) is 3.98. The monoisotopic (exact) mass is 249 g/mol. The fraction of sp³-hybridized carbons (Fsp3) is 0.571. The molecule has 0 aliphatic heterocycles. The van der Waals surface area contributed by atoms with Gasteiger partial charge in [0.05, 0.1) is 6.04 Å². The van der Waals surface area contributed by atoms with Crippen LogP contribution in [0.1, 0.15) is 39.2 Å². The highest BCUT2D eigenvalue weighted by molar-refractivity contribution is 5.81. The lowest BCUT2D eigenvalue weighted by Crippen LogP contribution is -2.45. The van der Waals surface area contributed by atoms with Crippen LogP contribution < -0.4 is 10.6 Å². The normalized spacial score (nSPS) is 12.4. The second-order valence-electron chi connectivity index (χ2n) is 4.48. The molecule has 4 heteroatoms. The van der Waals surface area contributed by atoms with Crippen molar-refractivity contribution in [3.05, 3.63) is 30.1 Å². The van der Waals surface area contributed by atoms with Crippen LogP contribution in [-0.2, 0) is 11.3 Å². The van der Waals surface area contributed by atoms with E-state index in [1.54, 1.807) is 12.4 Å². The average Bonchev–Trinajstić information content (AvgIpc) is 2.42. The van der Waals surface area contributed by atoms with Gasteiger partial charge in [0.1, 0.15) is 0 Å². The molecule has 18 heavy (non-hydrogen) atoms. The van der Waals surface area contributed by atoms with Crippen LogP contribution in [0.25, 0.3) is 0 Å². The third-order valence-electron chi connectivity index (χ3n) is 3.09. The van der Waals surface area contributed by atoms with Crippen molar-refractivity contribution >= 4 is 5.91 Å². The maximum absolute atomic E-state index is 11.9. The number of hydrogen-bond acceptors (Lipinski definition) is 3. The highest BCUT2D eigenvalue weighted by Gasteiger charge is 2.14. The zero-order valence-electron chi connectivity index (χ0n) is 11.4. The van der Waals surface area contributed by atoms with Gasteiger partial charge in [0, 0.05) is 25.0 Å². The lowest BCUT2D eigenvalue weighted by Gasteiger charge is -2.19. The summed E-state index contributed by atoms with van der Waals surface area (Å²) in [5, 5.41) is 6.25. The van der Waals surface area contributed by atoms with Gasteiger partial charge in [-0.15, -0.1) is 0 Å². The Morgan fingerprint density at radius 3 is 2.44 bits per heavy atom. The summed E-state index contributed by atoms with van der Waals surface area (Å²) in [6.45, 7) is 6.74. The van der Waals surface area contributed by atoms with Crippen LogP contribution in [0, 0.1) is 0 Å². The van der Waals surface area contributed by atoms with Crippen molar-refractivity contribution in [3.63, 3.8) is 0 Å². The molecule has 0 saturated carbocycles. The molecule has 0 radical (unpaired) electrons. The van der Waals surface area contributed by atoms with E-state index in [1.807, 2.05) is 19.1 Å². The summed E-state index contributed by atoms with van der Waals surface area (Å²) in [7, 11) is 0. The number of hydrogen-bond donors (Lipinski definition) is 2. The van der Waals surface area contributed by atoms with Crippen molar-refractivity contribution in [3.8, 4) is 0 Å². The summed E-state index contributed by atoms with van der Waals surface area (Å²) in [5.41, 5.74) is 1.13. The van der Waals surface area contributed by atoms with Crippen molar-refractivity contribution in [2.24, 2.45) is 0 Å². The standard InChI is InChI=1S/C14H23N3O/c1-4-13(5-2)17-14(18)11(3)16-10-12-6-8-15-9-7-12/h6-9,11,13,16H,4-5,10H2,1-3H3,(H,17,18). The van der Waals surface area contributed by atoms with Gasteiger partial charge in [0.25, 0.3) is 0 Å². The molecular weight excluding hydrogens is 226 g/mol. The molecule has 0 saturated heterocycles. The van der Waals surface area contributed by atoms with Crippen LogP contribution in [0.2, 0.25) is 0 Å². The van der Waals surface area contributed by atoms with E-state index in [4.69, 9.17) is 0 Å².